The van der Waals surface area contributed by atoms with Crippen molar-refractivity contribution in [2.24, 2.45) is 5.92 Å². The van der Waals surface area contributed by atoms with Gasteiger partial charge in [0.1, 0.15) is 0 Å². The molecule has 0 bridgehead atoms. The van der Waals surface area contributed by atoms with E-state index >= 15 is 0 Å². The normalized spacial score (nSPS) is 17.9. The highest BCUT2D eigenvalue weighted by Gasteiger charge is 2.34. The van der Waals surface area contributed by atoms with Crippen molar-refractivity contribution in [2.75, 3.05) is 0 Å². The third kappa shape index (κ3) is 2.62. The zero-order valence-corrected chi connectivity index (χ0v) is 9.88. The summed E-state index contributed by atoms with van der Waals surface area (Å²) in [4.78, 5) is 22.7. The number of hydrogen-bond acceptors (Lipinski definition) is 3. The SMILES string of the molecule is CCCC[C@H](CCC)C1=C(O)C(=O)NC1=O. The van der Waals surface area contributed by atoms with Gasteiger partial charge in [0.15, 0.2) is 5.76 Å². The van der Waals surface area contributed by atoms with E-state index in [-0.39, 0.29) is 11.7 Å². The highest BCUT2D eigenvalue weighted by atomic mass is 16.3. The molecule has 0 fully saturated rings. The van der Waals surface area contributed by atoms with E-state index in [9.17, 15) is 14.7 Å². The Bertz CT molecular complexity index is 320. The second-order valence-electron chi connectivity index (χ2n) is 4.17. The van der Waals surface area contributed by atoms with Gasteiger partial charge in [-0.05, 0) is 18.8 Å². The molecule has 1 aliphatic heterocycles. The van der Waals surface area contributed by atoms with Crippen LogP contribution in [0.25, 0.3) is 0 Å². The number of aliphatic hydroxyl groups is 1. The summed E-state index contributed by atoms with van der Waals surface area (Å²) < 4.78 is 0. The first kappa shape index (κ1) is 12.7. The van der Waals surface area contributed by atoms with Crippen LogP contribution in [-0.2, 0) is 9.59 Å². The Morgan fingerprint density at radius 3 is 2.25 bits per heavy atom. The summed E-state index contributed by atoms with van der Waals surface area (Å²) in [6.07, 6.45) is 4.67. The second-order valence-corrected chi connectivity index (χ2v) is 4.17. The van der Waals surface area contributed by atoms with E-state index < -0.39 is 11.8 Å². The molecule has 0 unspecified atom stereocenters. The molecular formula is C12H19NO3. The molecule has 4 heteroatoms. The Labute approximate surface area is 95.7 Å². The molecular weight excluding hydrogens is 206 g/mol. The Balaban J connectivity index is 2.84. The van der Waals surface area contributed by atoms with E-state index in [1.165, 1.54) is 0 Å². The molecule has 0 spiro atoms. The summed E-state index contributed by atoms with van der Waals surface area (Å²) >= 11 is 0. The number of rotatable bonds is 6. The molecule has 2 amide bonds. The van der Waals surface area contributed by atoms with Crippen molar-refractivity contribution >= 4 is 11.8 Å². The average Bonchev–Trinajstić information content (AvgIpc) is 2.49. The van der Waals surface area contributed by atoms with Crippen LogP contribution < -0.4 is 5.32 Å². The van der Waals surface area contributed by atoms with Crippen LogP contribution >= 0.6 is 0 Å². The maximum atomic E-state index is 11.5. The van der Waals surface area contributed by atoms with Crippen LogP contribution in [0.15, 0.2) is 11.3 Å². The summed E-state index contributed by atoms with van der Waals surface area (Å²) in [6.45, 7) is 4.11. The molecule has 1 atom stereocenters. The minimum absolute atomic E-state index is 0.0106. The van der Waals surface area contributed by atoms with E-state index in [0.29, 0.717) is 5.57 Å². The van der Waals surface area contributed by atoms with Gasteiger partial charge in [-0.1, -0.05) is 33.1 Å². The number of unbranched alkanes of at least 4 members (excludes halogenated alkanes) is 1. The first-order chi connectivity index (χ1) is 7.61. The number of imide groups is 1. The third-order valence-corrected chi connectivity index (χ3v) is 2.89. The largest absolute Gasteiger partial charge is 0.503 e. The van der Waals surface area contributed by atoms with Crippen molar-refractivity contribution in [1.29, 1.82) is 0 Å². The maximum Gasteiger partial charge on any atom is 0.293 e. The monoisotopic (exact) mass is 225 g/mol. The lowest BCUT2D eigenvalue weighted by Crippen LogP contribution is -2.24. The lowest BCUT2D eigenvalue weighted by atomic mass is 9.89. The quantitative estimate of drug-likeness (QED) is 0.680. The van der Waals surface area contributed by atoms with Crippen molar-refractivity contribution in [3.63, 3.8) is 0 Å². The van der Waals surface area contributed by atoms with Crippen LogP contribution in [0.1, 0.15) is 46.0 Å². The lowest BCUT2D eigenvalue weighted by Gasteiger charge is -2.15. The number of aliphatic hydroxyl groups excluding tert-OH is 1. The molecule has 1 rings (SSSR count). The smallest absolute Gasteiger partial charge is 0.293 e. The van der Waals surface area contributed by atoms with Gasteiger partial charge >= 0.3 is 0 Å². The summed E-state index contributed by atoms with van der Waals surface area (Å²) in [5.74, 6) is -1.44. The van der Waals surface area contributed by atoms with Crippen molar-refractivity contribution in [1.82, 2.24) is 5.32 Å². The summed E-state index contributed by atoms with van der Waals surface area (Å²) in [5.41, 5.74) is 0.292. The fourth-order valence-electron chi connectivity index (χ4n) is 2.07. The zero-order chi connectivity index (χ0) is 12.1. The fourth-order valence-corrected chi connectivity index (χ4v) is 2.07. The Kier molecular flexibility index (Phi) is 4.52. The first-order valence-electron chi connectivity index (χ1n) is 5.90. The first-order valence-corrected chi connectivity index (χ1v) is 5.90. The van der Waals surface area contributed by atoms with Crippen LogP contribution in [0.5, 0.6) is 0 Å². The second kappa shape index (κ2) is 5.68. The minimum atomic E-state index is -0.655. The van der Waals surface area contributed by atoms with Gasteiger partial charge in [-0.3, -0.25) is 14.9 Å². The van der Waals surface area contributed by atoms with Crippen LogP contribution in [0, 0.1) is 5.92 Å². The van der Waals surface area contributed by atoms with Gasteiger partial charge in [0, 0.05) is 0 Å². The molecule has 90 valence electrons. The van der Waals surface area contributed by atoms with Crippen molar-refractivity contribution in [2.45, 2.75) is 46.0 Å². The lowest BCUT2D eigenvalue weighted by molar-refractivity contribution is -0.125. The van der Waals surface area contributed by atoms with Crippen molar-refractivity contribution in [3.05, 3.63) is 11.3 Å². The van der Waals surface area contributed by atoms with Crippen molar-refractivity contribution in [3.8, 4) is 0 Å². The van der Waals surface area contributed by atoms with Crippen LogP contribution in [0.2, 0.25) is 0 Å². The predicted octanol–water partition coefficient (Wildman–Crippen LogP) is 2.06. The van der Waals surface area contributed by atoms with Crippen molar-refractivity contribution < 1.29 is 14.7 Å². The molecule has 1 heterocycles. The molecule has 1 aliphatic rings. The van der Waals surface area contributed by atoms with E-state index in [1.54, 1.807) is 0 Å². The van der Waals surface area contributed by atoms with Crippen LogP contribution in [0.4, 0.5) is 0 Å². The van der Waals surface area contributed by atoms with Gasteiger partial charge in [-0.25, -0.2) is 0 Å². The van der Waals surface area contributed by atoms with E-state index in [4.69, 9.17) is 0 Å². The molecule has 16 heavy (non-hydrogen) atoms. The van der Waals surface area contributed by atoms with E-state index in [0.717, 1.165) is 32.1 Å². The Morgan fingerprint density at radius 2 is 1.81 bits per heavy atom. The molecule has 0 saturated carbocycles. The number of hydrogen-bond donors (Lipinski definition) is 2. The number of nitrogens with one attached hydrogen (secondary N) is 1. The molecule has 0 radical (unpaired) electrons. The minimum Gasteiger partial charge on any atom is -0.503 e. The molecule has 0 aromatic rings. The summed E-state index contributed by atoms with van der Waals surface area (Å²) in [5, 5.41) is 11.7. The van der Waals surface area contributed by atoms with Gasteiger partial charge in [-0.2, -0.15) is 0 Å². The fraction of sp³-hybridized carbons (Fsp3) is 0.667. The van der Waals surface area contributed by atoms with Gasteiger partial charge in [-0.15, -0.1) is 0 Å². The van der Waals surface area contributed by atoms with Crippen LogP contribution in [0.3, 0.4) is 0 Å². The summed E-state index contributed by atoms with van der Waals surface area (Å²) in [6, 6.07) is 0. The Hall–Kier alpha value is -1.32. The van der Waals surface area contributed by atoms with Crippen LogP contribution in [-0.4, -0.2) is 16.9 Å². The highest BCUT2D eigenvalue weighted by Crippen LogP contribution is 2.28. The van der Waals surface area contributed by atoms with E-state index in [1.807, 2.05) is 6.92 Å². The molecule has 2 N–H and O–H groups in total. The maximum absolute atomic E-state index is 11.5. The van der Waals surface area contributed by atoms with E-state index in [2.05, 4.69) is 12.2 Å². The number of amides is 2. The predicted molar refractivity (Wildman–Crippen MR) is 60.7 cm³/mol. The van der Waals surface area contributed by atoms with Gasteiger partial charge in [0.25, 0.3) is 11.8 Å². The molecule has 4 nitrogen and oxygen atoms in total. The molecule has 0 aromatic heterocycles. The third-order valence-electron chi connectivity index (χ3n) is 2.89. The average molecular weight is 225 g/mol. The topological polar surface area (TPSA) is 66.4 Å². The molecule has 0 aliphatic carbocycles. The number of carbonyl (C=O) groups excluding carboxylic acids is 2. The summed E-state index contributed by atoms with van der Waals surface area (Å²) in [7, 11) is 0. The van der Waals surface area contributed by atoms with Gasteiger partial charge in [0.05, 0.1) is 5.57 Å². The zero-order valence-electron chi connectivity index (χ0n) is 9.88. The highest BCUT2D eigenvalue weighted by molar-refractivity contribution is 6.18. The Morgan fingerprint density at radius 1 is 1.12 bits per heavy atom. The van der Waals surface area contributed by atoms with Gasteiger partial charge < -0.3 is 5.11 Å². The molecule has 0 saturated heterocycles. The molecule has 0 aromatic carbocycles. The van der Waals surface area contributed by atoms with Gasteiger partial charge in [0.2, 0.25) is 0 Å². The number of carbonyl (C=O) groups is 2. The standard InChI is InChI=1S/C12H19NO3/c1-3-5-7-8(6-4-2)9-10(14)12(16)13-11(9)15/h8H,3-7H2,1-2H3,(H2,13,14,15,16)/t8-/m0/s1.